The molecule has 4 N–H and O–H groups in total. The first-order valence-corrected chi connectivity index (χ1v) is 4.22. The molecule has 0 aliphatic rings. The van der Waals surface area contributed by atoms with E-state index in [1.165, 1.54) is 4.57 Å². The van der Waals surface area contributed by atoms with Crippen molar-refractivity contribution in [3.63, 3.8) is 0 Å². The highest BCUT2D eigenvalue weighted by molar-refractivity contribution is 5.71. The Labute approximate surface area is 78.1 Å². The zero-order valence-electron chi connectivity index (χ0n) is 7.70. The lowest BCUT2D eigenvalue weighted by atomic mass is 10.4. The van der Waals surface area contributed by atoms with Gasteiger partial charge < -0.3 is 5.73 Å². The third-order valence-electron chi connectivity index (χ3n) is 2.16. The van der Waals surface area contributed by atoms with Gasteiger partial charge in [-0.25, -0.2) is 4.79 Å². The molecule has 0 saturated carbocycles. The van der Waals surface area contributed by atoms with Crippen molar-refractivity contribution < 1.29 is 0 Å². The van der Waals surface area contributed by atoms with Crippen LogP contribution in [0.4, 0.5) is 0 Å². The Morgan fingerprint density at radius 2 is 2.14 bits per heavy atom. The Balaban J connectivity index is 2.72. The van der Waals surface area contributed by atoms with Crippen molar-refractivity contribution in [3.05, 3.63) is 20.8 Å². The SMILES string of the molecule is Cn1c(=O)[nH]c(=O)c2c1[nH]n2CCN. The van der Waals surface area contributed by atoms with Gasteiger partial charge in [-0.2, -0.15) is 0 Å². The standard InChI is InChI=1S/C7H11N5O2/c1-11-5-4(6(13)9-7(11)14)12(10-5)3-2-8/h10H,2-3,8H2,1H3,(H,9,13,14). The van der Waals surface area contributed by atoms with Gasteiger partial charge in [0, 0.05) is 13.6 Å². The Kier molecular flexibility index (Phi) is 1.81. The van der Waals surface area contributed by atoms with Crippen LogP contribution < -0.4 is 17.0 Å². The van der Waals surface area contributed by atoms with Crippen LogP contribution in [-0.4, -0.2) is 25.9 Å². The van der Waals surface area contributed by atoms with E-state index in [1.807, 2.05) is 0 Å². The molecule has 2 aromatic rings. The van der Waals surface area contributed by atoms with E-state index in [2.05, 4.69) is 10.1 Å². The van der Waals surface area contributed by atoms with Gasteiger partial charge in [0.1, 0.15) is 0 Å². The van der Waals surface area contributed by atoms with Gasteiger partial charge in [0.25, 0.3) is 5.56 Å². The molecular formula is C7H11N5O2. The molecule has 2 heterocycles. The summed E-state index contributed by atoms with van der Waals surface area (Å²) in [5, 5.41) is 2.87. The van der Waals surface area contributed by atoms with E-state index < -0.39 is 5.69 Å². The average molecular weight is 197 g/mol. The molecule has 0 fully saturated rings. The summed E-state index contributed by atoms with van der Waals surface area (Å²) in [7, 11) is 1.59. The molecule has 0 aliphatic heterocycles. The van der Waals surface area contributed by atoms with Crippen LogP contribution in [0.15, 0.2) is 9.59 Å². The molecule has 0 radical (unpaired) electrons. The summed E-state index contributed by atoms with van der Waals surface area (Å²) in [6, 6.07) is 0. The summed E-state index contributed by atoms with van der Waals surface area (Å²) in [6.45, 7) is 0.975. The normalized spacial score (nSPS) is 11.3. The molecule has 7 nitrogen and oxygen atoms in total. The maximum absolute atomic E-state index is 11.4. The van der Waals surface area contributed by atoms with Gasteiger partial charge in [-0.1, -0.05) is 0 Å². The number of aromatic amines is 2. The largest absolute Gasteiger partial charge is 0.329 e. The van der Waals surface area contributed by atoms with Crippen LogP contribution in [0.3, 0.4) is 0 Å². The fourth-order valence-electron chi connectivity index (χ4n) is 1.41. The van der Waals surface area contributed by atoms with E-state index in [1.54, 1.807) is 11.7 Å². The molecule has 0 atom stereocenters. The first-order valence-electron chi connectivity index (χ1n) is 4.22. The molecule has 0 amide bonds. The van der Waals surface area contributed by atoms with Crippen LogP contribution in [0.5, 0.6) is 0 Å². The predicted octanol–water partition coefficient (Wildman–Crippen LogP) is -1.68. The molecule has 0 spiro atoms. The van der Waals surface area contributed by atoms with E-state index in [9.17, 15) is 9.59 Å². The molecule has 0 unspecified atom stereocenters. The first kappa shape index (κ1) is 8.82. The van der Waals surface area contributed by atoms with Gasteiger partial charge in [0.2, 0.25) is 0 Å². The molecule has 76 valence electrons. The minimum absolute atomic E-state index is 0.379. The summed E-state index contributed by atoms with van der Waals surface area (Å²) in [5.41, 5.74) is 5.55. The zero-order chi connectivity index (χ0) is 10.3. The summed E-state index contributed by atoms with van der Waals surface area (Å²) in [5.74, 6) is 0. The lowest BCUT2D eigenvalue weighted by Gasteiger charge is -2.16. The number of aromatic nitrogens is 4. The van der Waals surface area contributed by atoms with Crippen molar-refractivity contribution >= 4 is 11.2 Å². The molecular weight excluding hydrogens is 186 g/mol. The number of H-pyrrole nitrogens is 2. The first-order chi connectivity index (χ1) is 6.65. The molecule has 0 saturated heterocycles. The van der Waals surface area contributed by atoms with Crippen LogP contribution in [0.25, 0.3) is 11.2 Å². The number of nitrogens with two attached hydrogens (primary N) is 1. The van der Waals surface area contributed by atoms with Crippen molar-refractivity contribution in [2.24, 2.45) is 12.8 Å². The van der Waals surface area contributed by atoms with Gasteiger partial charge in [-0.05, 0) is 0 Å². The maximum Gasteiger partial charge on any atom is 0.329 e. The molecule has 2 aromatic heterocycles. The molecule has 14 heavy (non-hydrogen) atoms. The van der Waals surface area contributed by atoms with Gasteiger partial charge in [-0.3, -0.25) is 24.1 Å². The second kappa shape index (κ2) is 2.88. The molecule has 0 bridgehead atoms. The van der Waals surface area contributed by atoms with Crippen LogP contribution in [0.2, 0.25) is 0 Å². The molecule has 0 aromatic carbocycles. The van der Waals surface area contributed by atoms with E-state index in [0.29, 0.717) is 24.3 Å². The van der Waals surface area contributed by atoms with Crippen LogP contribution in [-0.2, 0) is 13.6 Å². The third kappa shape index (κ3) is 1.02. The average Bonchev–Trinajstić information content (AvgIpc) is 2.08. The molecule has 0 aliphatic carbocycles. The van der Waals surface area contributed by atoms with E-state index in [-0.39, 0.29) is 5.56 Å². The van der Waals surface area contributed by atoms with Crippen LogP contribution >= 0.6 is 0 Å². The van der Waals surface area contributed by atoms with Crippen molar-refractivity contribution in [2.45, 2.75) is 6.54 Å². The predicted molar refractivity (Wildman–Crippen MR) is 51.2 cm³/mol. The summed E-state index contributed by atoms with van der Waals surface area (Å²) < 4.78 is 2.97. The van der Waals surface area contributed by atoms with E-state index in [4.69, 9.17) is 5.73 Å². The lowest BCUT2D eigenvalue weighted by Crippen LogP contribution is -2.35. The highest BCUT2D eigenvalue weighted by Crippen LogP contribution is 2.05. The smallest absolute Gasteiger partial charge is 0.329 e. The molecule has 7 heteroatoms. The quantitative estimate of drug-likeness (QED) is 0.535. The Morgan fingerprint density at radius 1 is 1.43 bits per heavy atom. The number of fused-ring (bicyclic) bond motifs is 1. The summed E-state index contributed by atoms with van der Waals surface area (Å²) in [6.07, 6.45) is 0. The number of hydrogen-bond acceptors (Lipinski definition) is 3. The second-order valence-electron chi connectivity index (χ2n) is 3.07. The zero-order valence-corrected chi connectivity index (χ0v) is 7.70. The van der Waals surface area contributed by atoms with Gasteiger partial charge in [0.15, 0.2) is 11.2 Å². The second-order valence-corrected chi connectivity index (χ2v) is 3.07. The topological polar surface area (TPSA) is 102 Å². The summed E-state index contributed by atoms with van der Waals surface area (Å²) in [4.78, 5) is 24.7. The monoisotopic (exact) mass is 197 g/mol. The fraction of sp³-hybridized carbons (Fsp3) is 0.429. The number of nitrogens with one attached hydrogen (secondary N) is 2. The maximum atomic E-state index is 11.4. The van der Waals surface area contributed by atoms with Gasteiger partial charge in [-0.15, -0.1) is 0 Å². The van der Waals surface area contributed by atoms with Crippen molar-refractivity contribution in [2.75, 3.05) is 6.54 Å². The van der Waals surface area contributed by atoms with Gasteiger partial charge >= 0.3 is 5.69 Å². The number of hydrogen-bond donors (Lipinski definition) is 3. The lowest BCUT2D eigenvalue weighted by molar-refractivity contribution is 0.598. The van der Waals surface area contributed by atoms with Crippen molar-refractivity contribution in [3.8, 4) is 0 Å². The highest BCUT2D eigenvalue weighted by atomic mass is 16.2. The Morgan fingerprint density at radius 3 is 2.79 bits per heavy atom. The van der Waals surface area contributed by atoms with E-state index in [0.717, 1.165) is 0 Å². The fourth-order valence-corrected chi connectivity index (χ4v) is 1.41. The minimum atomic E-state index is -0.423. The minimum Gasteiger partial charge on any atom is -0.329 e. The Hall–Kier alpha value is -1.76. The number of nitrogens with zero attached hydrogens (tertiary/aromatic N) is 2. The summed E-state index contributed by atoms with van der Waals surface area (Å²) >= 11 is 0. The van der Waals surface area contributed by atoms with Gasteiger partial charge in [0.05, 0.1) is 6.54 Å². The van der Waals surface area contributed by atoms with Crippen molar-refractivity contribution in [1.29, 1.82) is 0 Å². The number of aryl methyl sites for hydroxylation is 1. The van der Waals surface area contributed by atoms with Crippen LogP contribution in [0.1, 0.15) is 0 Å². The Bertz CT molecular complexity index is 569. The third-order valence-corrected chi connectivity index (χ3v) is 2.16. The van der Waals surface area contributed by atoms with E-state index >= 15 is 0 Å². The number of rotatable bonds is 2. The molecule has 2 rings (SSSR count). The van der Waals surface area contributed by atoms with Crippen LogP contribution in [0, 0.1) is 0 Å². The van der Waals surface area contributed by atoms with Crippen molar-refractivity contribution in [1.82, 2.24) is 19.3 Å². The highest BCUT2D eigenvalue weighted by Gasteiger charge is 2.12.